The standard InChI is InChI=1S/C14H14N2O3S/c1-8-6-4-5-7-10(8)12(17)16-14-15-9(2)11(20-14)13(18)19-3/h4-7H,1-3H3,(H,15,16,17). The van der Waals surface area contributed by atoms with Gasteiger partial charge in [-0.05, 0) is 25.5 Å². The number of carbonyl (C=O) groups excluding carboxylic acids is 2. The van der Waals surface area contributed by atoms with Crippen molar-refractivity contribution in [1.82, 2.24) is 4.98 Å². The molecule has 0 aliphatic rings. The number of thiazole rings is 1. The van der Waals surface area contributed by atoms with Gasteiger partial charge in [0.15, 0.2) is 5.13 Å². The number of benzene rings is 1. The monoisotopic (exact) mass is 290 g/mol. The number of esters is 1. The fraction of sp³-hybridized carbons (Fsp3) is 0.214. The highest BCUT2D eigenvalue weighted by molar-refractivity contribution is 7.17. The first-order valence-corrected chi connectivity index (χ1v) is 6.77. The van der Waals surface area contributed by atoms with Gasteiger partial charge in [-0.3, -0.25) is 10.1 Å². The Kier molecular flexibility index (Phi) is 4.14. The maximum Gasteiger partial charge on any atom is 0.350 e. The van der Waals surface area contributed by atoms with Crippen molar-refractivity contribution in [2.45, 2.75) is 13.8 Å². The van der Waals surface area contributed by atoms with Crippen LogP contribution in [0.25, 0.3) is 0 Å². The van der Waals surface area contributed by atoms with Gasteiger partial charge < -0.3 is 4.74 Å². The quantitative estimate of drug-likeness (QED) is 0.883. The molecule has 2 rings (SSSR count). The van der Waals surface area contributed by atoms with Crippen molar-refractivity contribution in [1.29, 1.82) is 0 Å². The minimum Gasteiger partial charge on any atom is -0.465 e. The minimum absolute atomic E-state index is 0.242. The molecular weight excluding hydrogens is 276 g/mol. The Bertz CT molecular complexity index is 664. The molecular formula is C14H14N2O3S. The average molecular weight is 290 g/mol. The molecule has 1 aromatic carbocycles. The summed E-state index contributed by atoms with van der Waals surface area (Å²) in [5.74, 6) is -0.690. The van der Waals surface area contributed by atoms with Crippen LogP contribution in [0.5, 0.6) is 0 Å². The van der Waals surface area contributed by atoms with Gasteiger partial charge in [-0.2, -0.15) is 0 Å². The van der Waals surface area contributed by atoms with Gasteiger partial charge in [0.1, 0.15) is 4.88 Å². The van der Waals surface area contributed by atoms with Gasteiger partial charge in [0.25, 0.3) is 5.91 Å². The number of carbonyl (C=O) groups is 2. The van der Waals surface area contributed by atoms with E-state index in [1.807, 2.05) is 19.1 Å². The fourth-order valence-electron chi connectivity index (χ4n) is 1.72. The number of nitrogens with zero attached hydrogens (tertiary/aromatic N) is 1. The van der Waals surface area contributed by atoms with E-state index in [2.05, 4.69) is 15.0 Å². The van der Waals surface area contributed by atoms with Crippen LogP contribution in [0.1, 0.15) is 31.3 Å². The van der Waals surface area contributed by atoms with E-state index in [4.69, 9.17) is 0 Å². The lowest BCUT2D eigenvalue weighted by molar-refractivity contribution is 0.0605. The molecule has 1 heterocycles. The summed E-state index contributed by atoms with van der Waals surface area (Å²) in [5.41, 5.74) is 2.01. The molecule has 104 valence electrons. The van der Waals surface area contributed by atoms with Crippen molar-refractivity contribution in [3.63, 3.8) is 0 Å². The van der Waals surface area contributed by atoms with E-state index in [0.717, 1.165) is 16.9 Å². The Morgan fingerprint density at radius 1 is 1.25 bits per heavy atom. The van der Waals surface area contributed by atoms with Crippen LogP contribution in [0, 0.1) is 13.8 Å². The molecule has 0 atom stereocenters. The first-order chi connectivity index (χ1) is 9.52. The highest BCUT2D eigenvalue weighted by atomic mass is 32.1. The maximum absolute atomic E-state index is 12.1. The molecule has 0 saturated heterocycles. The van der Waals surface area contributed by atoms with Gasteiger partial charge in [0.05, 0.1) is 12.8 Å². The van der Waals surface area contributed by atoms with Crippen molar-refractivity contribution in [3.05, 3.63) is 46.0 Å². The zero-order valence-electron chi connectivity index (χ0n) is 11.4. The molecule has 6 heteroatoms. The smallest absolute Gasteiger partial charge is 0.350 e. The number of ether oxygens (including phenoxy) is 1. The number of anilines is 1. The van der Waals surface area contributed by atoms with E-state index >= 15 is 0 Å². The Hall–Kier alpha value is -2.21. The summed E-state index contributed by atoms with van der Waals surface area (Å²) in [4.78, 5) is 28.2. The topological polar surface area (TPSA) is 68.3 Å². The molecule has 1 aromatic heterocycles. The third kappa shape index (κ3) is 2.85. The molecule has 0 aliphatic heterocycles. The van der Waals surface area contributed by atoms with E-state index in [1.54, 1.807) is 19.1 Å². The summed E-state index contributed by atoms with van der Waals surface area (Å²) in [6.45, 7) is 3.56. The molecule has 20 heavy (non-hydrogen) atoms. The largest absolute Gasteiger partial charge is 0.465 e. The Balaban J connectivity index is 2.21. The second kappa shape index (κ2) is 5.83. The van der Waals surface area contributed by atoms with E-state index in [-0.39, 0.29) is 5.91 Å². The molecule has 0 bridgehead atoms. The first-order valence-electron chi connectivity index (χ1n) is 5.95. The van der Waals surface area contributed by atoms with E-state index in [1.165, 1.54) is 7.11 Å². The third-order valence-electron chi connectivity index (χ3n) is 2.78. The van der Waals surface area contributed by atoms with Gasteiger partial charge in [-0.1, -0.05) is 29.5 Å². The Labute approximate surface area is 120 Å². The number of nitrogens with one attached hydrogen (secondary N) is 1. The van der Waals surface area contributed by atoms with Crippen LogP contribution in [0.4, 0.5) is 5.13 Å². The van der Waals surface area contributed by atoms with Crippen LogP contribution in [-0.2, 0) is 4.74 Å². The lowest BCUT2D eigenvalue weighted by Crippen LogP contribution is -2.12. The van der Waals surface area contributed by atoms with Crippen LogP contribution in [0.15, 0.2) is 24.3 Å². The number of rotatable bonds is 3. The molecule has 1 N–H and O–H groups in total. The Morgan fingerprint density at radius 3 is 2.60 bits per heavy atom. The number of methoxy groups -OCH3 is 1. The van der Waals surface area contributed by atoms with Gasteiger partial charge in [-0.25, -0.2) is 9.78 Å². The van der Waals surface area contributed by atoms with E-state index < -0.39 is 5.97 Å². The summed E-state index contributed by atoms with van der Waals surface area (Å²) >= 11 is 1.10. The average Bonchev–Trinajstić information content (AvgIpc) is 2.79. The second-order valence-corrected chi connectivity index (χ2v) is 5.19. The predicted molar refractivity (Wildman–Crippen MR) is 77.3 cm³/mol. The fourth-order valence-corrected chi connectivity index (χ4v) is 2.60. The van der Waals surface area contributed by atoms with Crippen molar-refractivity contribution in [2.24, 2.45) is 0 Å². The van der Waals surface area contributed by atoms with Crippen molar-refractivity contribution in [2.75, 3.05) is 12.4 Å². The van der Waals surface area contributed by atoms with Crippen LogP contribution in [0.2, 0.25) is 0 Å². The number of aryl methyl sites for hydroxylation is 2. The van der Waals surface area contributed by atoms with Crippen LogP contribution < -0.4 is 5.32 Å². The first kappa shape index (κ1) is 14.2. The van der Waals surface area contributed by atoms with Crippen molar-refractivity contribution >= 4 is 28.3 Å². The van der Waals surface area contributed by atoms with Crippen LogP contribution in [-0.4, -0.2) is 24.0 Å². The van der Waals surface area contributed by atoms with Gasteiger partial charge in [0.2, 0.25) is 0 Å². The molecule has 0 saturated carbocycles. The van der Waals surface area contributed by atoms with Gasteiger partial charge >= 0.3 is 5.97 Å². The minimum atomic E-state index is -0.448. The van der Waals surface area contributed by atoms with Gasteiger partial charge in [0, 0.05) is 5.56 Å². The summed E-state index contributed by atoms with van der Waals surface area (Å²) in [7, 11) is 1.31. The molecule has 1 amide bonds. The molecule has 0 unspecified atom stereocenters. The zero-order chi connectivity index (χ0) is 14.7. The maximum atomic E-state index is 12.1. The molecule has 0 radical (unpaired) electrons. The normalized spacial score (nSPS) is 10.2. The predicted octanol–water partition coefficient (Wildman–Crippen LogP) is 2.80. The van der Waals surface area contributed by atoms with E-state index in [9.17, 15) is 9.59 Å². The number of hydrogen-bond donors (Lipinski definition) is 1. The van der Waals surface area contributed by atoms with Crippen molar-refractivity contribution < 1.29 is 14.3 Å². The second-order valence-electron chi connectivity index (χ2n) is 4.19. The zero-order valence-corrected chi connectivity index (χ0v) is 12.2. The summed E-state index contributed by atoms with van der Waals surface area (Å²) in [6.07, 6.45) is 0. The highest BCUT2D eigenvalue weighted by Crippen LogP contribution is 2.24. The highest BCUT2D eigenvalue weighted by Gasteiger charge is 2.17. The number of hydrogen-bond acceptors (Lipinski definition) is 5. The molecule has 5 nitrogen and oxygen atoms in total. The van der Waals surface area contributed by atoms with Crippen LogP contribution in [0.3, 0.4) is 0 Å². The molecule has 2 aromatic rings. The van der Waals surface area contributed by atoms with Crippen molar-refractivity contribution in [3.8, 4) is 0 Å². The van der Waals surface area contributed by atoms with Gasteiger partial charge in [-0.15, -0.1) is 0 Å². The molecule has 0 spiro atoms. The number of amides is 1. The molecule has 0 aliphatic carbocycles. The van der Waals surface area contributed by atoms with Crippen LogP contribution >= 0.6 is 11.3 Å². The number of aromatic nitrogens is 1. The van der Waals surface area contributed by atoms with E-state index in [0.29, 0.717) is 21.3 Å². The SMILES string of the molecule is COC(=O)c1sc(NC(=O)c2ccccc2C)nc1C. The molecule has 0 fully saturated rings. The summed E-state index contributed by atoms with van der Waals surface area (Å²) in [6, 6.07) is 7.28. The lowest BCUT2D eigenvalue weighted by atomic mass is 10.1. The Morgan fingerprint density at radius 2 is 1.95 bits per heavy atom. The summed E-state index contributed by atoms with van der Waals surface area (Å²) in [5, 5.41) is 3.09. The lowest BCUT2D eigenvalue weighted by Gasteiger charge is -2.04. The summed E-state index contributed by atoms with van der Waals surface area (Å²) < 4.78 is 4.66. The third-order valence-corrected chi connectivity index (χ3v) is 3.83.